The zero-order valence-electron chi connectivity index (χ0n) is 12.7. The summed E-state index contributed by atoms with van der Waals surface area (Å²) in [6, 6.07) is 5.29. The van der Waals surface area contributed by atoms with Gasteiger partial charge in [-0.3, -0.25) is 0 Å². The van der Waals surface area contributed by atoms with E-state index < -0.39 is 0 Å². The third-order valence-corrected chi connectivity index (χ3v) is 3.63. The van der Waals surface area contributed by atoms with Crippen LogP contribution in [0.1, 0.15) is 20.8 Å². The second-order valence-electron chi connectivity index (χ2n) is 5.82. The van der Waals surface area contributed by atoms with Gasteiger partial charge in [0.05, 0.1) is 6.61 Å². The minimum Gasteiger partial charge on any atom is -0.491 e. The van der Waals surface area contributed by atoms with Gasteiger partial charge >= 0.3 is 0 Å². The summed E-state index contributed by atoms with van der Waals surface area (Å²) in [5, 5.41) is 3.48. The number of anilines is 1. The molecule has 1 saturated heterocycles. The van der Waals surface area contributed by atoms with Crippen LogP contribution in [0.2, 0.25) is 0 Å². The van der Waals surface area contributed by atoms with Crippen molar-refractivity contribution in [1.82, 2.24) is 5.32 Å². The highest BCUT2D eigenvalue weighted by Crippen LogP contribution is 2.25. The molecule has 2 unspecified atom stereocenters. The van der Waals surface area contributed by atoms with E-state index in [4.69, 9.17) is 4.74 Å². The van der Waals surface area contributed by atoms with Crippen LogP contribution in [0.4, 0.5) is 10.1 Å². The number of ether oxygens (including phenoxy) is 1. The molecule has 112 valence electrons. The van der Waals surface area contributed by atoms with Gasteiger partial charge < -0.3 is 15.0 Å². The molecule has 0 saturated carbocycles. The van der Waals surface area contributed by atoms with E-state index in [-0.39, 0.29) is 5.82 Å². The van der Waals surface area contributed by atoms with E-state index in [1.807, 2.05) is 13.0 Å². The molecule has 20 heavy (non-hydrogen) atoms. The lowest BCUT2D eigenvalue weighted by molar-refractivity contribution is 0.321. The zero-order chi connectivity index (χ0) is 14.5. The van der Waals surface area contributed by atoms with Gasteiger partial charge in [0.1, 0.15) is 0 Å². The highest BCUT2D eigenvalue weighted by Gasteiger charge is 2.18. The topological polar surface area (TPSA) is 24.5 Å². The molecule has 0 radical (unpaired) electrons. The summed E-state index contributed by atoms with van der Waals surface area (Å²) in [6.07, 6.45) is 0. The molecule has 3 nitrogen and oxygen atoms in total. The lowest BCUT2D eigenvalue weighted by atomic mass is 10.0. The van der Waals surface area contributed by atoms with E-state index in [1.165, 1.54) is 0 Å². The predicted molar refractivity (Wildman–Crippen MR) is 81.0 cm³/mol. The van der Waals surface area contributed by atoms with Crippen LogP contribution < -0.4 is 15.0 Å². The number of nitrogens with zero attached hydrogens (tertiary/aromatic N) is 1. The molecule has 4 heteroatoms. The van der Waals surface area contributed by atoms with Crippen molar-refractivity contribution in [3.05, 3.63) is 24.0 Å². The molecule has 0 amide bonds. The maximum atomic E-state index is 14.0. The Morgan fingerprint density at radius 3 is 2.45 bits per heavy atom. The molecule has 1 aromatic carbocycles. The average molecular weight is 280 g/mol. The van der Waals surface area contributed by atoms with E-state index in [0.717, 1.165) is 31.9 Å². The van der Waals surface area contributed by atoms with Crippen molar-refractivity contribution < 1.29 is 9.13 Å². The van der Waals surface area contributed by atoms with E-state index in [0.29, 0.717) is 24.2 Å². The predicted octanol–water partition coefficient (Wildman–Crippen LogP) is 2.91. The molecule has 0 aliphatic carbocycles. The molecule has 1 N–H and O–H groups in total. The molecule has 1 aliphatic rings. The first-order valence-electron chi connectivity index (χ1n) is 7.48. The fourth-order valence-corrected chi connectivity index (χ4v) is 2.70. The van der Waals surface area contributed by atoms with Crippen molar-refractivity contribution in [3.8, 4) is 5.75 Å². The molecule has 1 heterocycles. The van der Waals surface area contributed by atoms with Gasteiger partial charge in [0.25, 0.3) is 0 Å². The molecule has 1 aliphatic heterocycles. The van der Waals surface area contributed by atoms with Crippen LogP contribution in [0.15, 0.2) is 18.2 Å². The zero-order valence-corrected chi connectivity index (χ0v) is 12.7. The Balaban J connectivity index is 2.16. The number of hydrogen-bond acceptors (Lipinski definition) is 3. The van der Waals surface area contributed by atoms with Crippen LogP contribution >= 0.6 is 0 Å². The molecular weight excluding hydrogens is 255 g/mol. The molecule has 0 spiro atoms. The van der Waals surface area contributed by atoms with Gasteiger partial charge in [0.15, 0.2) is 11.6 Å². The van der Waals surface area contributed by atoms with Crippen LogP contribution in [0.25, 0.3) is 0 Å². The standard InChI is InChI=1S/C16H25FN2O/c1-4-20-16-6-5-14(7-15(16)17)19-10-12(2)8-18-9-13(3)11-19/h5-7,12-13,18H,4,8-11H2,1-3H3. The lowest BCUT2D eigenvalue weighted by Crippen LogP contribution is -2.42. The van der Waals surface area contributed by atoms with E-state index in [9.17, 15) is 4.39 Å². The Morgan fingerprint density at radius 2 is 1.90 bits per heavy atom. The number of benzene rings is 1. The van der Waals surface area contributed by atoms with Gasteiger partial charge in [-0.15, -0.1) is 0 Å². The van der Waals surface area contributed by atoms with Gasteiger partial charge in [0, 0.05) is 24.8 Å². The van der Waals surface area contributed by atoms with Crippen LogP contribution in [-0.4, -0.2) is 32.8 Å². The largest absolute Gasteiger partial charge is 0.491 e. The van der Waals surface area contributed by atoms with E-state index in [2.05, 4.69) is 24.1 Å². The molecule has 0 aromatic heterocycles. The quantitative estimate of drug-likeness (QED) is 0.921. The Morgan fingerprint density at radius 1 is 1.25 bits per heavy atom. The Labute approximate surface area is 121 Å². The number of nitrogens with one attached hydrogen (secondary N) is 1. The third-order valence-electron chi connectivity index (χ3n) is 3.63. The van der Waals surface area contributed by atoms with Gasteiger partial charge in [-0.25, -0.2) is 4.39 Å². The number of hydrogen-bond donors (Lipinski definition) is 1. The summed E-state index contributed by atoms with van der Waals surface area (Å²) in [4.78, 5) is 2.29. The Kier molecular flexibility index (Phi) is 5.24. The van der Waals surface area contributed by atoms with Crippen molar-refractivity contribution >= 4 is 5.69 Å². The number of rotatable bonds is 3. The maximum absolute atomic E-state index is 14.0. The fourth-order valence-electron chi connectivity index (χ4n) is 2.70. The summed E-state index contributed by atoms with van der Waals surface area (Å²) in [6.45, 7) is 10.7. The second kappa shape index (κ2) is 6.93. The summed E-state index contributed by atoms with van der Waals surface area (Å²) in [7, 11) is 0. The third kappa shape index (κ3) is 3.85. The summed E-state index contributed by atoms with van der Waals surface area (Å²) < 4.78 is 19.3. The molecule has 1 aromatic rings. The highest BCUT2D eigenvalue weighted by atomic mass is 19.1. The Hall–Kier alpha value is -1.29. The first-order chi connectivity index (χ1) is 9.60. The minimum absolute atomic E-state index is 0.273. The summed E-state index contributed by atoms with van der Waals surface area (Å²) in [5.74, 6) is 1.17. The summed E-state index contributed by atoms with van der Waals surface area (Å²) >= 11 is 0. The second-order valence-corrected chi connectivity index (χ2v) is 5.82. The first kappa shape index (κ1) is 15.1. The van der Waals surface area contributed by atoms with Gasteiger partial charge in [-0.1, -0.05) is 13.8 Å². The van der Waals surface area contributed by atoms with Crippen LogP contribution in [-0.2, 0) is 0 Å². The van der Waals surface area contributed by atoms with Crippen LogP contribution in [0, 0.1) is 17.7 Å². The molecule has 2 atom stereocenters. The monoisotopic (exact) mass is 280 g/mol. The molecule has 2 rings (SSSR count). The van der Waals surface area contributed by atoms with E-state index >= 15 is 0 Å². The molecule has 1 fully saturated rings. The van der Waals surface area contributed by atoms with Gasteiger partial charge in [-0.2, -0.15) is 0 Å². The van der Waals surface area contributed by atoms with Crippen molar-refractivity contribution in [2.45, 2.75) is 20.8 Å². The summed E-state index contributed by atoms with van der Waals surface area (Å²) in [5.41, 5.74) is 0.951. The van der Waals surface area contributed by atoms with Gasteiger partial charge in [-0.05, 0) is 44.0 Å². The van der Waals surface area contributed by atoms with Crippen molar-refractivity contribution in [2.24, 2.45) is 11.8 Å². The molecular formula is C16H25FN2O. The Bertz CT molecular complexity index is 426. The lowest BCUT2D eigenvalue weighted by Gasteiger charge is -2.33. The normalized spacial score (nSPS) is 24.1. The smallest absolute Gasteiger partial charge is 0.167 e. The minimum atomic E-state index is -0.273. The average Bonchev–Trinajstić information content (AvgIpc) is 2.38. The first-order valence-corrected chi connectivity index (χ1v) is 7.48. The highest BCUT2D eigenvalue weighted by molar-refractivity contribution is 5.50. The van der Waals surface area contributed by atoms with Crippen molar-refractivity contribution in [3.63, 3.8) is 0 Å². The van der Waals surface area contributed by atoms with Gasteiger partial charge in [0.2, 0.25) is 0 Å². The number of halogens is 1. The van der Waals surface area contributed by atoms with Crippen LogP contribution in [0.3, 0.4) is 0 Å². The molecule has 0 bridgehead atoms. The maximum Gasteiger partial charge on any atom is 0.167 e. The van der Waals surface area contributed by atoms with Crippen molar-refractivity contribution in [2.75, 3.05) is 37.7 Å². The fraction of sp³-hybridized carbons (Fsp3) is 0.625. The van der Waals surface area contributed by atoms with Crippen molar-refractivity contribution in [1.29, 1.82) is 0 Å². The SMILES string of the molecule is CCOc1ccc(N2CC(C)CNCC(C)C2)cc1F. The van der Waals surface area contributed by atoms with Crippen LogP contribution in [0.5, 0.6) is 5.75 Å². The van der Waals surface area contributed by atoms with E-state index in [1.54, 1.807) is 12.1 Å².